The molecule has 0 aromatic heterocycles. The molecule has 22 heavy (non-hydrogen) atoms. The molecule has 1 saturated heterocycles. The van der Waals surface area contributed by atoms with Crippen LogP contribution in [0.3, 0.4) is 0 Å². The SMILES string of the molecule is Cc1cccc(C(C)C)c1NC(=O)[C@H](C)[NH+]1CCNC(=O)C1. The monoisotopic (exact) mass is 304 g/mol. The van der Waals surface area contributed by atoms with E-state index in [2.05, 4.69) is 30.5 Å². The number of aryl methyl sites for hydroxylation is 1. The second-order valence-electron chi connectivity index (χ2n) is 6.34. The van der Waals surface area contributed by atoms with Gasteiger partial charge in [-0.1, -0.05) is 32.0 Å². The summed E-state index contributed by atoms with van der Waals surface area (Å²) in [4.78, 5) is 25.1. The maximum Gasteiger partial charge on any atom is 0.282 e. The number of carbonyl (C=O) groups is 2. The molecule has 1 aliphatic rings. The molecule has 2 amide bonds. The fourth-order valence-electron chi connectivity index (χ4n) is 2.85. The van der Waals surface area contributed by atoms with E-state index in [1.807, 2.05) is 26.0 Å². The maximum atomic E-state index is 12.6. The second-order valence-corrected chi connectivity index (χ2v) is 6.34. The van der Waals surface area contributed by atoms with Gasteiger partial charge < -0.3 is 15.5 Å². The van der Waals surface area contributed by atoms with Crippen LogP contribution in [0.5, 0.6) is 0 Å². The Kier molecular flexibility index (Phi) is 5.19. The number of para-hydroxylation sites is 1. The molecule has 1 heterocycles. The van der Waals surface area contributed by atoms with Gasteiger partial charge in [-0.05, 0) is 30.9 Å². The van der Waals surface area contributed by atoms with Crippen LogP contribution < -0.4 is 15.5 Å². The first-order chi connectivity index (χ1) is 10.4. The number of hydrogen-bond acceptors (Lipinski definition) is 2. The molecule has 1 fully saturated rings. The summed E-state index contributed by atoms with van der Waals surface area (Å²) in [6.07, 6.45) is 0. The molecule has 120 valence electrons. The van der Waals surface area contributed by atoms with E-state index in [9.17, 15) is 9.59 Å². The van der Waals surface area contributed by atoms with Gasteiger partial charge >= 0.3 is 0 Å². The van der Waals surface area contributed by atoms with Crippen molar-refractivity contribution in [2.75, 3.05) is 25.0 Å². The van der Waals surface area contributed by atoms with E-state index < -0.39 is 0 Å². The lowest BCUT2D eigenvalue weighted by Gasteiger charge is -2.28. The summed E-state index contributed by atoms with van der Waals surface area (Å²) in [6.45, 7) is 9.91. The lowest BCUT2D eigenvalue weighted by atomic mass is 9.98. The van der Waals surface area contributed by atoms with Crippen LogP contribution in [-0.4, -0.2) is 37.5 Å². The molecule has 1 aromatic rings. The van der Waals surface area contributed by atoms with Crippen molar-refractivity contribution >= 4 is 17.5 Å². The number of nitrogens with one attached hydrogen (secondary N) is 3. The standard InChI is InChI=1S/C17H25N3O2/c1-11(2)14-7-5-6-12(3)16(14)19-17(22)13(4)20-9-8-18-15(21)10-20/h5-7,11,13H,8-10H2,1-4H3,(H,18,21)(H,19,22)/p+1/t13-/m0/s1. The van der Waals surface area contributed by atoms with E-state index in [0.717, 1.165) is 28.3 Å². The highest BCUT2D eigenvalue weighted by atomic mass is 16.2. The van der Waals surface area contributed by atoms with Gasteiger partial charge in [0, 0.05) is 5.69 Å². The van der Waals surface area contributed by atoms with Crippen LogP contribution in [-0.2, 0) is 9.59 Å². The highest BCUT2D eigenvalue weighted by Crippen LogP contribution is 2.27. The molecule has 0 radical (unpaired) electrons. The van der Waals surface area contributed by atoms with Gasteiger partial charge in [0.1, 0.15) is 0 Å². The van der Waals surface area contributed by atoms with Crippen LogP contribution in [0, 0.1) is 6.92 Å². The summed E-state index contributed by atoms with van der Waals surface area (Å²) in [5.41, 5.74) is 3.13. The molecule has 3 N–H and O–H groups in total. The largest absolute Gasteiger partial charge is 0.346 e. The van der Waals surface area contributed by atoms with Crippen molar-refractivity contribution in [3.05, 3.63) is 29.3 Å². The maximum absolute atomic E-state index is 12.6. The molecule has 2 atom stereocenters. The van der Waals surface area contributed by atoms with Gasteiger partial charge in [-0.25, -0.2) is 0 Å². The van der Waals surface area contributed by atoms with Gasteiger partial charge in [0.15, 0.2) is 12.6 Å². The fourth-order valence-corrected chi connectivity index (χ4v) is 2.85. The zero-order valence-corrected chi connectivity index (χ0v) is 13.8. The van der Waals surface area contributed by atoms with E-state index in [1.165, 1.54) is 0 Å². The topological polar surface area (TPSA) is 62.6 Å². The molecule has 5 nitrogen and oxygen atoms in total. The summed E-state index contributed by atoms with van der Waals surface area (Å²) in [5.74, 6) is 0.333. The van der Waals surface area contributed by atoms with Crippen LogP contribution in [0.1, 0.15) is 37.8 Å². The fraction of sp³-hybridized carbons (Fsp3) is 0.529. The zero-order valence-electron chi connectivity index (χ0n) is 13.8. The molecule has 1 aromatic carbocycles. The smallest absolute Gasteiger partial charge is 0.282 e. The average molecular weight is 304 g/mol. The van der Waals surface area contributed by atoms with E-state index in [0.29, 0.717) is 19.0 Å². The number of carbonyl (C=O) groups excluding carboxylic acids is 2. The van der Waals surface area contributed by atoms with Crippen LogP contribution in [0.2, 0.25) is 0 Å². The minimum atomic E-state index is -0.245. The van der Waals surface area contributed by atoms with E-state index in [-0.39, 0.29) is 17.9 Å². The first-order valence-electron chi connectivity index (χ1n) is 7.91. The van der Waals surface area contributed by atoms with Crippen molar-refractivity contribution in [2.45, 2.75) is 39.7 Å². The van der Waals surface area contributed by atoms with Crippen LogP contribution >= 0.6 is 0 Å². The summed E-state index contributed by atoms with van der Waals surface area (Å²) >= 11 is 0. The summed E-state index contributed by atoms with van der Waals surface area (Å²) in [6, 6.07) is 5.84. The zero-order chi connectivity index (χ0) is 16.3. The molecule has 0 saturated carbocycles. The highest BCUT2D eigenvalue weighted by molar-refractivity contribution is 5.95. The molecule has 2 rings (SSSR count). The van der Waals surface area contributed by atoms with E-state index >= 15 is 0 Å². The van der Waals surface area contributed by atoms with Gasteiger partial charge in [0.25, 0.3) is 11.8 Å². The van der Waals surface area contributed by atoms with Crippen molar-refractivity contribution < 1.29 is 14.5 Å². The van der Waals surface area contributed by atoms with E-state index in [4.69, 9.17) is 0 Å². The molecule has 1 unspecified atom stereocenters. The second kappa shape index (κ2) is 6.92. The average Bonchev–Trinajstić information content (AvgIpc) is 2.48. The molecule has 0 aliphatic carbocycles. The Labute approximate surface area is 132 Å². The number of benzene rings is 1. The van der Waals surface area contributed by atoms with Gasteiger partial charge in [-0.3, -0.25) is 9.59 Å². The lowest BCUT2D eigenvalue weighted by Crippen LogP contribution is -3.19. The highest BCUT2D eigenvalue weighted by Gasteiger charge is 2.30. The van der Waals surface area contributed by atoms with Crippen molar-refractivity contribution in [3.63, 3.8) is 0 Å². The number of piperazine rings is 1. The van der Waals surface area contributed by atoms with Gasteiger partial charge in [-0.15, -0.1) is 0 Å². The lowest BCUT2D eigenvalue weighted by molar-refractivity contribution is -0.907. The van der Waals surface area contributed by atoms with Gasteiger partial charge in [-0.2, -0.15) is 0 Å². The van der Waals surface area contributed by atoms with Crippen LogP contribution in [0.25, 0.3) is 0 Å². The van der Waals surface area contributed by atoms with Crippen molar-refractivity contribution in [1.29, 1.82) is 0 Å². The Hall–Kier alpha value is -1.88. The van der Waals surface area contributed by atoms with Gasteiger partial charge in [0.2, 0.25) is 0 Å². The third kappa shape index (κ3) is 3.65. The third-order valence-electron chi connectivity index (χ3n) is 4.34. The summed E-state index contributed by atoms with van der Waals surface area (Å²) < 4.78 is 0. The Morgan fingerprint density at radius 1 is 1.32 bits per heavy atom. The van der Waals surface area contributed by atoms with Crippen molar-refractivity contribution in [1.82, 2.24) is 5.32 Å². The van der Waals surface area contributed by atoms with Crippen molar-refractivity contribution in [2.24, 2.45) is 0 Å². The number of hydrogen-bond donors (Lipinski definition) is 3. The predicted molar refractivity (Wildman–Crippen MR) is 87.1 cm³/mol. The molecule has 0 spiro atoms. The molecular formula is C17H26N3O2+. The van der Waals surface area contributed by atoms with Crippen LogP contribution in [0.15, 0.2) is 18.2 Å². The summed E-state index contributed by atoms with van der Waals surface area (Å²) in [5, 5.41) is 5.88. The Balaban J connectivity index is 2.13. The molecule has 0 bridgehead atoms. The first-order valence-corrected chi connectivity index (χ1v) is 7.91. The first kappa shape index (κ1) is 16.5. The minimum absolute atomic E-state index is 0.0136. The molecular weight excluding hydrogens is 278 g/mol. The summed E-state index contributed by atoms with van der Waals surface area (Å²) in [7, 11) is 0. The number of amides is 2. The minimum Gasteiger partial charge on any atom is -0.346 e. The Morgan fingerprint density at radius 2 is 2.05 bits per heavy atom. The van der Waals surface area contributed by atoms with Gasteiger partial charge in [0.05, 0.1) is 13.1 Å². The molecule has 5 heteroatoms. The molecule has 1 aliphatic heterocycles. The quantitative estimate of drug-likeness (QED) is 0.757. The van der Waals surface area contributed by atoms with E-state index in [1.54, 1.807) is 0 Å². The normalized spacial score (nSPS) is 19.7. The Bertz CT molecular complexity index is 569. The number of rotatable bonds is 4. The third-order valence-corrected chi connectivity index (χ3v) is 4.34. The van der Waals surface area contributed by atoms with Crippen LogP contribution in [0.4, 0.5) is 5.69 Å². The number of quaternary nitrogens is 1. The predicted octanol–water partition coefficient (Wildman–Crippen LogP) is 0.460. The van der Waals surface area contributed by atoms with Crippen molar-refractivity contribution in [3.8, 4) is 0 Å². The Morgan fingerprint density at radius 3 is 2.68 bits per heavy atom. The number of anilines is 1.